The molecule has 0 saturated heterocycles. The maximum Gasteiger partial charge on any atom is 0.322 e. The highest BCUT2D eigenvalue weighted by Crippen LogP contribution is 2.13. The second kappa shape index (κ2) is 6.25. The molecule has 0 spiro atoms. The Balaban J connectivity index is 2.66. The smallest absolute Gasteiger partial charge is 0.322 e. The number of carboxylic acids is 1. The third-order valence-corrected chi connectivity index (χ3v) is 2.68. The first-order chi connectivity index (χ1) is 8.04. The van der Waals surface area contributed by atoms with Crippen molar-refractivity contribution in [2.45, 2.75) is 19.9 Å². The number of carboxylic acid groups (broad SMARTS) is 1. The summed E-state index contributed by atoms with van der Waals surface area (Å²) in [6.07, 6.45) is 0. The first kappa shape index (κ1) is 13.5. The van der Waals surface area contributed by atoms with Gasteiger partial charge < -0.3 is 15.3 Å². The number of nitrogens with zero attached hydrogens (tertiary/aromatic N) is 1. The van der Waals surface area contributed by atoms with Crippen LogP contribution in [0.1, 0.15) is 12.5 Å². The zero-order chi connectivity index (χ0) is 12.8. The third kappa shape index (κ3) is 4.07. The highest BCUT2D eigenvalue weighted by Gasteiger charge is 2.18. The lowest BCUT2D eigenvalue weighted by Gasteiger charge is -2.24. The fourth-order valence-electron chi connectivity index (χ4n) is 1.65. The van der Waals surface area contributed by atoms with Crippen molar-refractivity contribution in [3.8, 4) is 0 Å². The third-order valence-electron chi connectivity index (χ3n) is 2.68. The Hall–Kier alpha value is -1.55. The number of hydrogen-bond donors (Lipinski definition) is 2. The van der Waals surface area contributed by atoms with Gasteiger partial charge in [0.1, 0.15) is 6.04 Å². The topological polar surface area (TPSA) is 52.6 Å². The molecule has 1 atom stereocenters. The number of hydrogen-bond acceptors (Lipinski definition) is 3. The molecule has 0 fully saturated rings. The lowest BCUT2D eigenvalue weighted by atomic mass is 10.2. The van der Waals surface area contributed by atoms with Crippen LogP contribution >= 0.6 is 0 Å². The second-order valence-corrected chi connectivity index (χ2v) is 4.16. The van der Waals surface area contributed by atoms with E-state index in [2.05, 4.69) is 5.32 Å². The summed E-state index contributed by atoms with van der Waals surface area (Å²) in [6.45, 7) is 5.04. The van der Waals surface area contributed by atoms with Gasteiger partial charge in [0.05, 0.1) is 0 Å². The maximum atomic E-state index is 11.0. The van der Waals surface area contributed by atoms with E-state index in [9.17, 15) is 4.79 Å². The summed E-state index contributed by atoms with van der Waals surface area (Å²) >= 11 is 0. The van der Waals surface area contributed by atoms with E-state index >= 15 is 0 Å². The first-order valence-corrected chi connectivity index (χ1v) is 5.78. The van der Waals surface area contributed by atoms with Crippen LogP contribution in [0.25, 0.3) is 0 Å². The van der Waals surface area contributed by atoms with Gasteiger partial charge in [-0.15, -0.1) is 0 Å². The molecule has 0 aliphatic rings. The summed E-state index contributed by atoms with van der Waals surface area (Å²) < 4.78 is 0. The van der Waals surface area contributed by atoms with Gasteiger partial charge in [-0.2, -0.15) is 0 Å². The predicted octanol–water partition coefficient (Wildman–Crippen LogP) is 1.49. The molecule has 0 radical (unpaired) electrons. The molecule has 17 heavy (non-hydrogen) atoms. The van der Waals surface area contributed by atoms with Crippen molar-refractivity contribution in [1.82, 2.24) is 5.32 Å². The van der Waals surface area contributed by atoms with Crippen LogP contribution in [-0.4, -0.2) is 37.3 Å². The van der Waals surface area contributed by atoms with E-state index in [1.807, 2.05) is 50.1 Å². The minimum atomic E-state index is -0.814. The lowest BCUT2D eigenvalue weighted by Crippen LogP contribution is -2.45. The van der Waals surface area contributed by atoms with Gasteiger partial charge in [0.2, 0.25) is 0 Å². The molecule has 1 rings (SSSR count). The molecule has 0 aliphatic carbocycles. The van der Waals surface area contributed by atoms with E-state index in [0.717, 1.165) is 5.69 Å². The molecule has 0 aliphatic heterocycles. The lowest BCUT2D eigenvalue weighted by molar-refractivity contribution is -0.139. The van der Waals surface area contributed by atoms with Gasteiger partial charge in [-0.1, -0.05) is 24.6 Å². The van der Waals surface area contributed by atoms with Crippen LogP contribution in [0.15, 0.2) is 24.3 Å². The van der Waals surface area contributed by atoms with E-state index in [-0.39, 0.29) is 0 Å². The molecule has 0 saturated carbocycles. The van der Waals surface area contributed by atoms with Gasteiger partial charge in [-0.05, 0) is 25.6 Å². The fraction of sp³-hybridized carbons (Fsp3) is 0.462. The number of aliphatic carboxylic acids is 1. The average molecular weight is 236 g/mol. The van der Waals surface area contributed by atoms with E-state index in [0.29, 0.717) is 13.1 Å². The summed E-state index contributed by atoms with van der Waals surface area (Å²) in [4.78, 5) is 13.0. The summed E-state index contributed by atoms with van der Waals surface area (Å²) in [5.74, 6) is -0.814. The Morgan fingerprint density at radius 1 is 1.41 bits per heavy atom. The summed E-state index contributed by atoms with van der Waals surface area (Å²) in [5.41, 5.74) is 2.23. The Kier molecular flexibility index (Phi) is 4.97. The Bertz CT molecular complexity index is 362. The Morgan fingerprint density at radius 2 is 2.00 bits per heavy atom. The summed E-state index contributed by atoms with van der Waals surface area (Å²) in [7, 11) is 1.90. The monoisotopic (exact) mass is 236 g/mol. The summed E-state index contributed by atoms with van der Waals surface area (Å²) in [6, 6.07) is 7.51. The molecular weight excluding hydrogens is 216 g/mol. The molecule has 4 nitrogen and oxygen atoms in total. The molecule has 4 heteroatoms. The van der Waals surface area contributed by atoms with Crippen molar-refractivity contribution in [1.29, 1.82) is 0 Å². The molecule has 0 bridgehead atoms. The van der Waals surface area contributed by atoms with E-state index in [1.165, 1.54) is 5.56 Å². The van der Waals surface area contributed by atoms with Crippen molar-refractivity contribution in [2.24, 2.45) is 0 Å². The molecule has 1 aromatic rings. The zero-order valence-corrected chi connectivity index (χ0v) is 10.6. The molecule has 2 N–H and O–H groups in total. The van der Waals surface area contributed by atoms with Gasteiger partial charge in [-0.25, -0.2) is 0 Å². The van der Waals surface area contributed by atoms with Crippen LogP contribution in [0.2, 0.25) is 0 Å². The largest absolute Gasteiger partial charge is 0.480 e. The SMILES string of the molecule is CCNC(CN(C)c1ccc(C)cc1)C(=O)O. The van der Waals surface area contributed by atoms with Gasteiger partial charge >= 0.3 is 5.97 Å². The highest BCUT2D eigenvalue weighted by molar-refractivity contribution is 5.74. The number of nitrogens with one attached hydrogen (secondary N) is 1. The Morgan fingerprint density at radius 3 is 2.47 bits per heavy atom. The van der Waals surface area contributed by atoms with Gasteiger partial charge in [0, 0.05) is 19.3 Å². The molecule has 0 heterocycles. The minimum absolute atomic E-state index is 0.451. The van der Waals surface area contributed by atoms with Gasteiger partial charge in [0.15, 0.2) is 0 Å². The number of benzene rings is 1. The van der Waals surface area contributed by atoms with Crippen LogP contribution in [0.4, 0.5) is 5.69 Å². The van der Waals surface area contributed by atoms with E-state index in [1.54, 1.807) is 0 Å². The van der Waals surface area contributed by atoms with Crippen LogP contribution in [-0.2, 0) is 4.79 Å². The number of likely N-dealkylation sites (N-methyl/N-ethyl adjacent to an activating group) is 2. The molecule has 0 amide bonds. The van der Waals surface area contributed by atoms with Crippen molar-refractivity contribution in [2.75, 3.05) is 25.0 Å². The zero-order valence-electron chi connectivity index (χ0n) is 10.6. The normalized spacial score (nSPS) is 12.2. The minimum Gasteiger partial charge on any atom is -0.480 e. The number of rotatable bonds is 6. The first-order valence-electron chi connectivity index (χ1n) is 5.78. The molecular formula is C13H20N2O2. The van der Waals surface area contributed by atoms with Crippen molar-refractivity contribution in [3.05, 3.63) is 29.8 Å². The fourth-order valence-corrected chi connectivity index (χ4v) is 1.65. The van der Waals surface area contributed by atoms with Crippen LogP contribution < -0.4 is 10.2 Å². The maximum absolute atomic E-state index is 11.0. The molecule has 1 unspecified atom stereocenters. The molecule has 0 aromatic heterocycles. The van der Waals surface area contributed by atoms with Crippen LogP contribution in [0, 0.1) is 6.92 Å². The number of aryl methyl sites for hydroxylation is 1. The van der Waals surface area contributed by atoms with Crippen LogP contribution in [0.3, 0.4) is 0 Å². The predicted molar refractivity (Wildman–Crippen MR) is 69.5 cm³/mol. The van der Waals surface area contributed by atoms with Gasteiger partial charge in [-0.3, -0.25) is 4.79 Å². The van der Waals surface area contributed by atoms with Gasteiger partial charge in [0.25, 0.3) is 0 Å². The van der Waals surface area contributed by atoms with E-state index < -0.39 is 12.0 Å². The number of anilines is 1. The average Bonchev–Trinajstić information content (AvgIpc) is 2.29. The quantitative estimate of drug-likeness (QED) is 0.786. The highest BCUT2D eigenvalue weighted by atomic mass is 16.4. The number of carbonyl (C=O) groups is 1. The van der Waals surface area contributed by atoms with Crippen LogP contribution in [0.5, 0.6) is 0 Å². The van der Waals surface area contributed by atoms with E-state index in [4.69, 9.17) is 5.11 Å². The summed E-state index contributed by atoms with van der Waals surface area (Å²) in [5, 5.41) is 12.0. The Labute approximate surface area is 102 Å². The second-order valence-electron chi connectivity index (χ2n) is 4.16. The van der Waals surface area contributed by atoms with Crippen molar-refractivity contribution in [3.63, 3.8) is 0 Å². The molecule has 1 aromatic carbocycles. The van der Waals surface area contributed by atoms with Crippen molar-refractivity contribution >= 4 is 11.7 Å². The molecule has 94 valence electrons. The standard InChI is InChI=1S/C13H20N2O2/c1-4-14-12(13(16)17)9-15(3)11-7-5-10(2)6-8-11/h5-8,12,14H,4,9H2,1-3H3,(H,16,17). The van der Waals surface area contributed by atoms with Crippen molar-refractivity contribution < 1.29 is 9.90 Å².